The van der Waals surface area contributed by atoms with Gasteiger partial charge in [-0.05, 0) is 82.9 Å². The highest BCUT2D eigenvalue weighted by Crippen LogP contribution is 2.30. The zero-order valence-corrected chi connectivity index (χ0v) is 33.9. The Morgan fingerprint density at radius 3 is 1.44 bits per heavy atom. The zero-order chi connectivity index (χ0) is 41.9. The van der Waals surface area contributed by atoms with Gasteiger partial charge in [0, 0.05) is 56.5 Å². The number of nitrogens with one attached hydrogen (secondary N) is 1. The van der Waals surface area contributed by atoms with E-state index in [0.717, 1.165) is 11.1 Å². The number of nitrogens with zero attached hydrogens (tertiary/aromatic N) is 3. The normalized spacial score (nSPS) is 11.7. The molecule has 6 aromatic carbocycles. The van der Waals surface area contributed by atoms with Crippen LogP contribution in [0.15, 0.2) is 158 Å². The number of amides is 4. The molecule has 0 radical (unpaired) electrons. The number of carbonyl (C=O) groups excluding carboxylic acids is 4. The van der Waals surface area contributed by atoms with Crippen LogP contribution in [0.25, 0.3) is 11.1 Å². The minimum absolute atomic E-state index is 0.246. The molecule has 6 rings (SSSR count). The van der Waals surface area contributed by atoms with E-state index >= 15 is 0 Å². The Morgan fingerprint density at radius 1 is 0.508 bits per heavy atom. The molecule has 59 heavy (non-hydrogen) atoms. The van der Waals surface area contributed by atoms with Gasteiger partial charge in [-0.2, -0.15) is 0 Å². The number of hydrogen-bond acceptors (Lipinski definition) is 6. The summed E-state index contributed by atoms with van der Waals surface area (Å²) in [5.41, 5.74) is 4.64. The summed E-state index contributed by atoms with van der Waals surface area (Å²) < 4.78 is 10.6. The molecule has 0 bridgehead atoms. The molecule has 10 nitrogen and oxygen atoms in total. The van der Waals surface area contributed by atoms with E-state index in [2.05, 4.69) is 5.32 Å². The van der Waals surface area contributed by atoms with Crippen LogP contribution < -0.4 is 24.6 Å². The fourth-order valence-electron chi connectivity index (χ4n) is 6.99. The minimum atomic E-state index is -0.930. The third-order valence-electron chi connectivity index (χ3n) is 10.4. The van der Waals surface area contributed by atoms with Crippen LogP contribution in [0.3, 0.4) is 0 Å². The van der Waals surface area contributed by atoms with Gasteiger partial charge in [-0.15, -0.1) is 0 Å². The van der Waals surface area contributed by atoms with Crippen molar-refractivity contribution in [1.82, 2.24) is 10.2 Å². The lowest BCUT2D eigenvalue weighted by Gasteiger charge is -2.32. The van der Waals surface area contributed by atoms with E-state index in [1.165, 1.54) is 9.80 Å². The standard InChI is InChI=1S/C49H48N4O6/c1-51(36-24-28-38(58-4)29-25-36)48(56)44(32-34-16-8-6-9-17-34)50-46(54)42-22-14-12-20-40(42)41-21-13-15-23-43(41)47(55)53(3)45(33-35-18-10-7-11-19-35)49(57)52(2)37-26-30-39(59-5)31-27-37/h6-31,44-45H,32-33H2,1-5H3,(H,50,54)/t44-,45-/m0/s1. The molecule has 0 aromatic heterocycles. The lowest BCUT2D eigenvalue weighted by molar-refractivity contribution is -0.122. The Labute approximate surface area is 345 Å². The van der Waals surface area contributed by atoms with Crippen molar-refractivity contribution in [3.8, 4) is 22.6 Å². The Balaban J connectivity index is 1.31. The van der Waals surface area contributed by atoms with Crippen LogP contribution in [-0.2, 0) is 22.4 Å². The summed E-state index contributed by atoms with van der Waals surface area (Å²) in [6.07, 6.45) is 0.515. The molecule has 2 atom stereocenters. The van der Waals surface area contributed by atoms with Crippen LogP contribution in [0.2, 0.25) is 0 Å². The molecule has 4 amide bonds. The Kier molecular flexibility index (Phi) is 13.6. The van der Waals surface area contributed by atoms with E-state index in [0.29, 0.717) is 39.6 Å². The average molecular weight is 789 g/mol. The van der Waals surface area contributed by atoms with E-state index < -0.39 is 23.9 Å². The Bertz CT molecular complexity index is 2370. The van der Waals surface area contributed by atoms with Gasteiger partial charge in [0.15, 0.2) is 0 Å². The van der Waals surface area contributed by atoms with Gasteiger partial charge in [0.2, 0.25) is 11.8 Å². The first-order chi connectivity index (χ1) is 28.6. The van der Waals surface area contributed by atoms with Crippen LogP contribution in [-0.4, -0.2) is 76.0 Å². The highest BCUT2D eigenvalue weighted by atomic mass is 16.5. The number of anilines is 2. The van der Waals surface area contributed by atoms with Crippen molar-refractivity contribution in [3.63, 3.8) is 0 Å². The molecule has 0 saturated heterocycles. The second-order valence-electron chi connectivity index (χ2n) is 14.1. The first-order valence-electron chi connectivity index (χ1n) is 19.3. The molecule has 0 aliphatic carbocycles. The SMILES string of the molecule is COc1ccc(N(C)C(=O)[C@H](Cc2ccccc2)NC(=O)c2ccccc2-c2ccccc2C(=O)N(C)[C@@H](Cc2ccccc2)C(=O)N(C)c2ccc(OC)cc2)cc1. The van der Waals surface area contributed by atoms with Crippen LogP contribution in [0.5, 0.6) is 11.5 Å². The average Bonchev–Trinajstić information content (AvgIpc) is 3.29. The monoisotopic (exact) mass is 788 g/mol. The van der Waals surface area contributed by atoms with Gasteiger partial charge in [0.1, 0.15) is 23.6 Å². The van der Waals surface area contributed by atoms with Crippen LogP contribution in [0.1, 0.15) is 31.8 Å². The Morgan fingerprint density at radius 2 is 0.932 bits per heavy atom. The third-order valence-corrected chi connectivity index (χ3v) is 10.4. The minimum Gasteiger partial charge on any atom is -0.497 e. The maximum absolute atomic E-state index is 14.7. The van der Waals surface area contributed by atoms with Crippen LogP contribution in [0.4, 0.5) is 11.4 Å². The number of likely N-dealkylation sites (N-methyl/N-ethyl adjacent to an activating group) is 3. The van der Waals surface area contributed by atoms with Gasteiger partial charge in [-0.3, -0.25) is 19.2 Å². The predicted molar refractivity (Wildman–Crippen MR) is 232 cm³/mol. The molecule has 0 fully saturated rings. The van der Waals surface area contributed by atoms with Gasteiger partial charge >= 0.3 is 0 Å². The number of ether oxygens (including phenoxy) is 2. The fourth-order valence-corrected chi connectivity index (χ4v) is 6.99. The van der Waals surface area contributed by atoms with E-state index in [9.17, 15) is 19.2 Å². The van der Waals surface area contributed by atoms with Crippen molar-refractivity contribution < 1.29 is 28.7 Å². The lowest BCUT2D eigenvalue weighted by atomic mass is 9.93. The number of carbonyl (C=O) groups is 4. The Hall–Kier alpha value is -7.20. The predicted octanol–water partition coefficient (Wildman–Crippen LogP) is 7.72. The summed E-state index contributed by atoms with van der Waals surface area (Å²) in [7, 11) is 8.15. The van der Waals surface area contributed by atoms with E-state index in [-0.39, 0.29) is 30.2 Å². The smallest absolute Gasteiger partial charge is 0.254 e. The summed E-state index contributed by atoms with van der Waals surface area (Å²) in [5, 5.41) is 3.02. The second-order valence-corrected chi connectivity index (χ2v) is 14.1. The summed E-state index contributed by atoms with van der Waals surface area (Å²) in [5.74, 6) is -0.146. The molecule has 10 heteroatoms. The van der Waals surface area contributed by atoms with Crippen molar-refractivity contribution in [2.24, 2.45) is 0 Å². The molecule has 6 aromatic rings. The van der Waals surface area contributed by atoms with Gasteiger partial charge < -0.3 is 29.5 Å². The summed E-state index contributed by atoms with van der Waals surface area (Å²) in [4.78, 5) is 62.1. The zero-order valence-electron chi connectivity index (χ0n) is 33.9. The summed E-state index contributed by atoms with van der Waals surface area (Å²) in [6, 6.07) is 45.6. The second kappa shape index (κ2) is 19.3. The highest BCUT2D eigenvalue weighted by Gasteiger charge is 2.33. The van der Waals surface area contributed by atoms with E-state index in [1.807, 2.05) is 60.7 Å². The summed E-state index contributed by atoms with van der Waals surface area (Å²) >= 11 is 0. The molecule has 0 unspecified atom stereocenters. The van der Waals surface area contributed by atoms with Crippen LogP contribution in [0, 0.1) is 0 Å². The molecule has 1 N–H and O–H groups in total. The third kappa shape index (κ3) is 9.85. The molecule has 0 spiro atoms. The van der Waals surface area contributed by atoms with Crippen LogP contribution >= 0.6 is 0 Å². The number of hydrogen-bond donors (Lipinski definition) is 1. The molecule has 0 aliphatic rings. The molecular weight excluding hydrogens is 741 g/mol. The van der Waals surface area contributed by atoms with E-state index in [4.69, 9.17) is 9.47 Å². The van der Waals surface area contributed by atoms with Crippen molar-refractivity contribution in [1.29, 1.82) is 0 Å². The molecule has 0 saturated carbocycles. The van der Waals surface area contributed by atoms with E-state index in [1.54, 1.807) is 137 Å². The highest BCUT2D eigenvalue weighted by molar-refractivity contribution is 6.09. The van der Waals surface area contributed by atoms with Crippen molar-refractivity contribution in [3.05, 3.63) is 180 Å². The van der Waals surface area contributed by atoms with Gasteiger partial charge in [-0.1, -0.05) is 97.1 Å². The van der Waals surface area contributed by atoms with Crippen molar-refractivity contribution in [2.45, 2.75) is 24.9 Å². The molecular formula is C49H48N4O6. The summed E-state index contributed by atoms with van der Waals surface area (Å²) in [6.45, 7) is 0. The number of methoxy groups -OCH3 is 2. The number of rotatable bonds is 15. The molecule has 0 aliphatic heterocycles. The van der Waals surface area contributed by atoms with Gasteiger partial charge in [-0.25, -0.2) is 0 Å². The topological polar surface area (TPSA) is 108 Å². The lowest BCUT2D eigenvalue weighted by Crippen LogP contribution is -2.49. The molecule has 0 heterocycles. The van der Waals surface area contributed by atoms with Gasteiger partial charge in [0.25, 0.3) is 11.8 Å². The maximum atomic E-state index is 14.7. The number of benzene rings is 6. The first-order valence-corrected chi connectivity index (χ1v) is 19.3. The molecule has 300 valence electrons. The van der Waals surface area contributed by atoms with Gasteiger partial charge in [0.05, 0.1) is 14.2 Å². The quantitative estimate of drug-likeness (QED) is 0.114. The largest absolute Gasteiger partial charge is 0.497 e. The maximum Gasteiger partial charge on any atom is 0.254 e. The fraction of sp³-hybridized carbons (Fsp3) is 0.184. The van der Waals surface area contributed by atoms with Crippen molar-refractivity contribution in [2.75, 3.05) is 45.2 Å². The van der Waals surface area contributed by atoms with Crippen molar-refractivity contribution >= 4 is 35.0 Å². The first kappa shape index (κ1) is 41.4.